The molecule has 152 valence electrons. The second-order valence-corrected chi connectivity index (χ2v) is 7.20. The second-order valence-electron chi connectivity index (χ2n) is 7.20. The summed E-state index contributed by atoms with van der Waals surface area (Å²) in [6.07, 6.45) is 2.28. The second kappa shape index (κ2) is 7.83. The van der Waals surface area contributed by atoms with E-state index in [1.807, 2.05) is 6.07 Å². The minimum absolute atomic E-state index is 0.216. The summed E-state index contributed by atoms with van der Waals surface area (Å²) in [5.41, 5.74) is 2.65. The first kappa shape index (κ1) is 19.4. The van der Waals surface area contributed by atoms with Crippen molar-refractivity contribution in [1.29, 1.82) is 0 Å². The van der Waals surface area contributed by atoms with Crippen LogP contribution in [0.15, 0.2) is 30.5 Å². The number of piperidine rings is 1. The van der Waals surface area contributed by atoms with Gasteiger partial charge in [0.15, 0.2) is 0 Å². The minimum atomic E-state index is -0.646. The molecule has 0 bridgehead atoms. The molecular weight excluding hydrogens is 386 g/mol. The topological polar surface area (TPSA) is 113 Å². The first-order valence-corrected chi connectivity index (χ1v) is 9.46. The number of rotatable bonds is 3. The summed E-state index contributed by atoms with van der Waals surface area (Å²) >= 11 is 0. The highest BCUT2D eigenvalue weighted by Crippen LogP contribution is 2.28. The predicted molar refractivity (Wildman–Crippen MR) is 104 cm³/mol. The van der Waals surface area contributed by atoms with Crippen molar-refractivity contribution in [2.75, 3.05) is 0 Å². The summed E-state index contributed by atoms with van der Waals surface area (Å²) < 4.78 is 1.60. The van der Waals surface area contributed by atoms with Gasteiger partial charge < -0.3 is 10.2 Å². The molecule has 1 unspecified atom stereocenters. The van der Waals surface area contributed by atoms with Gasteiger partial charge in [-0.1, -0.05) is 12.1 Å². The number of carbonyl (C=O) groups is 4. The van der Waals surface area contributed by atoms with Crippen molar-refractivity contribution in [2.45, 2.75) is 32.0 Å². The number of imide groups is 1. The highest BCUT2D eigenvalue weighted by molar-refractivity contribution is 6.05. The van der Waals surface area contributed by atoms with Gasteiger partial charge in [-0.25, -0.2) is 0 Å². The van der Waals surface area contributed by atoms with Crippen molar-refractivity contribution in [2.24, 2.45) is 7.05 Å². The van der Waals surface area contributed by atoms with Crippen molar-refractivity contribution in [3.8, 4) is 11.8 Å². The van der Waals surface area contributed by atoms with Crippen molar-refractivity contribution in [3.05, 3.63) is 52.8 Å². The van der Waals surface area contributed by atoms with E-state index in [9.17, 15) is 19.2 Å². The summed E-state index contributed by atoms with van der Waals surface area (Å²) in [6, 6.07) is 6.37. The fraction of sp³-hybridized carbons (Fsp3) is 0.286. The number of hydrogen-bond donors (Lipinski definition) is 2. The van der Waals surface area contributed by atoms with E-state index in [1.165, 1.54) is 4.90 Å². The number of aryl methyl sites for hydroxylation is 1. The number of amides is 4. The quantitative estimate of drug-likeness (QED) is 0.545. The normalized spacial score (nSPS) is 17.8. The highest BCUT2D eigenvalue weighted by Gasteiger charge is 2.38. The van der Waals surface area contributed by atoms with Gasteiger partial charge in [-0.2, -0.15) is 5.10 Å². The summed E-state index contributed by atoms with van der Waals surface area (Å²) in [6.45, 7) is 0.553. The predicted octanol–water partition coefficient (Wildman–Crippen LogP) is -0.151. The Morgan fingerprint density at radius 1 is 1.30 bits per heavy atom. The Morgan fingerprint density at radius 3 is 2.87 bits per heavy atom. The van der Waals surface area contributed by atoms with Gasteiger partial charge in [-0.05, 0) is 35.6 Å². The van der Waals surface area contributed by atoms with Crippen LogP contribution in [0.2, 0.25) is 0 Å². The Balaban J connectivity index is 1.39. The molecule has 2 N–H and O–H groups in total. The third-order valence-electron chi connectivity index (χ3n) is 5.06. The Hall–Kier alpha value is -3.93. The number of nitrogens with zero attached hydrogens (tertiary/aromatic N) is 3. The average Bonchev–Trinajstić information content (AvgIpc) is 3.27. The molecule has 1 fully saturated rings. The summed E-state index contributed by atoms with van der Waals surface area (Å²) in [7, 11) is 1.77. The molecule has 4 rings (SSSR count). The number of benzene rings is 1. The Kier molecular flexibility index (Phi) is 5.06. The van der Waals surface area contributed by atoms with Gasteiger partial charge in [-0.3, -0.25) is 29.2 Å². The molecule has 2 aliphatic heterocycles. The maximum absolute atomic E-state index is 12.7. The largest absolute Gasteiger partial charge is 0.341 e. The molecule has 30 heavy (non-hydrogen) atoms. The zero-order valence-electron chi connectivity index (χ0n) is 16.3. The van der Waals surface area contributed by atoms with Gasteiger partial charge in [0, 0.05) is 44.2 Å². The molecule has 2 aliphatic rings. The molecule has 1 atom stereocenters. The van der Waals surface area contributed by atoms with E-state index in [-0.39, 0.29) is 24.8 Å². The first-order chi connectivity index (χ1) is 14.4. The van der Waals surface area contributed by atoms with E-state index >= 15 is 0 Å². The van der Waals surface area contributed by atoms with Crippen LogP contribution < -0.4 is 10.6 Å². The molecule has 1 saturated heterocycles. The van der Waals surface area contributed by atoms with Crippen LogP contribution in [0.3, 0.4) is 0 Å². The van der Waals surface area contributed by atoms with Crippen LogP contribution in [0.5, 0.6) is 0 Å². The van der Waals surface area contributed by atoms with Gasteiger partial charge in [0.2, 0.25) is 11.8 Å². The molecular formula is C21H19N5O4. The van der Waals surface area contributed by atoms with Gasteiger partial charge in [0.1, 0.15) is 11.7 Å². The Morgan fingerprint density at radius 2 is 2.13 bits per heavy atom. The fourth-order valence-corrected chi connectivity index (χ4v) is 3.57. The van der Waals surface area contributed by atoms with Crippen LogP contribution in [0.1, 0.15) is 40.0 Å². The summed E-state index contributed by atoms with van der Waals surface area (Å²) in [5.74, 6) is 3.77. The molecule has 9 heteroatoms. The number of nitrogens with one attached hydrogen (secondary N) is 2. The van der Waals surface area contributed by atoms with Crippen LogP contribution in [0, 0.1) is 11.8 Å². The monoisotopic (exact) mass is 405 g/mol. The van der Waals surface area contributed by atoms with E-state index in [0.717, 1.165) is 11.1 Å². The van der Waals surface area contributed by atoms with Crippen molar-refractivity contribution in [3.63, 3.8) is 0 Å². The van der Waals surface area contributed by atoms with Gasteiger partial charge in [-0.15, -0.1) is 0 Å². The molecule has 1 aromatic carbocycles. The van der Waals surface area contributed by atoms with Gasteiger partial charge in [0.25, 0.3) is 11.8 Å². The highest BCUT2D eigenvalue weighted by atomic mass is 16.2. The van der Waals surface area contributed by atoms with Gasteiger partial charge >= 0.3 is 0 Å². The van der Waals surface area contributed by atoms with Crippen LogP contribution in [-0.4, -0.2) is 44.4 Å². The Labute approximate surface area is 172 Å². The molecule has 1 aromatic heterocycles. The zero-order chi connectivity index (χ0) is 21.3. The van der Waals surface area contributed by atoms with E-state index in [0.29, 0.717) is 24.2 Å². The van der Waals surface area contributed by atoms with Crippen molar-refractivity contribution < 1.29 is 19.2 Å². The molecule has 0 aliphatic carbocycles. The maximum Gasteiger partial charge on any atom is 0.296 e. The Bertz CT molecular complexity index is 1120. The lowest BCUT2D eigenvalue weighted by Crippen LogP contribution is -2.52. The van der Waals surface area contributed by atoms with Crippen LogP contribution >= 0.6 is 0 Å². The van der Waals surface area contributed by atoms with E-state index in [4.69, 9.17) is 0 Å². The van der Waals surface area contributed by atoms with E-state index in [1.54, 1.807) is 36.1 Å². The third kappa shape index (κ3) is 3.93. The van der Waals surface area contributed by atoms with Crippen LogP contribution in [-0.2, 0) is 34.5 Å². The third-order valence-corrected chi connectivity index (χ3v) is 5.06. The van der Waals surface area contributed by atoms with Crippen molar-refractivity contribution in [1.82, 2.24) is 25.3 Å². The lowest BCUT2D eigenvalue weighted by molar-refractivity contribution is -0.137. The number of carbonyl (C=O) groups excluding carboxylic acids is 4. The summed E-state index contributed by atoms with van der Waals surface area (Å²) in [5, 5.41) is 9.08. The average molecular weight is 405 g/mol. The van der Waals surface area contributed by atoms with Crippen molar-refractivity contribution >= 4 is 23.6 Å². The first-order valence-electron chi connectivity index (χ1n) is 9.46. The van der Waals surface area contributed by atoms with Crippen LogP contribution in [0.25, 0.3) is 0 Å². The molecule has 0 spiro atoms. The molecule has 9 nitrogen and oxygen atoms in total. The standard InChI is InChI=1S/C21H19N5O4/c1-25-9-8-15(24-25)3-6-18(27)22-11-13-2-4-16-14(10-13)12-26(21(16)30)17-5-7-19(28)23-20(17)29/h2,4,8-10,17H,5,7,11-12H2,1H3,(H,22,27)(H,23,28,29). The molecule has 3 heterocycles. The fourth-order valence-electron chi connectivity index (χ4n) is 3.57. The lowest BCUT2D eigenvalue weighted by atomic mass is 10.0. The lowest BCUT2D eigenvalue weighted by Gasteiger charge is -2.29. The molecule has 2 aromatic rings. The maximum atomic E-state index is 12.7. The summed E-state index contributed by atoms with van der Waals surface area (Å²) in [4.78, 5) is 49.6. The van der Waals surface area contributed by atoms with E-state index in [2.05, 4.69) is 27.6 Å². The van der Waals surface area contributed by atoms with Gasteiger partial charge in [0.05, 0.1) is 0 Å². The minimum Gasteiger partial charge on any atom is -0.341 e. The SMILES string of the molecule is Cn1ccc(C#CC(=O)NCc2ccc3c(c2)CN(C2CCC(=O)NC2=O)C3=O)n1. The molecule has 4 amide bonds. The number of hydrogen-bond acceptors (Lipinski definition) is 5. The number of aromatic nitrogens is 2. The van der Waals surface area contributed by atoms with Crippen LogP contribution in [0.4, 0.5) is 0 Å². The number of fused-ring (bicyclic) bond motifs is 1. The smallest absolute Gasteiger partial charge is 0.296 e. The van der Waals surface area contributed by atoms with E-state index < -0.39 is 17.9 Å². The zero-order valence-corrected chi connectivity index (χ0v) is 16.3. The molecule has 0 saturated carbocycles. The molecule has 0 radical (unpaired) electrons.